The lowest BCUT2D eigenvalue weighted by Crippen LogP contribution is -2.20. The number of amides is 1. The maximum atomic E-state index is 10.8. The molecule has 0 bridgehead atoms. The molecule has 1 amide bonds. The zero-order valence-electron chi connectivity index (χ0n) is 12.8. The molecule has 0 aliphatic rings. The summed E-state index contributed by atoms with van der Waals surface area (Å²) in [5, 5.41) is 5.83. The molecule has 1 heterocycles. The third-order valence-corrected chi connectivity index (χ3v) is 4.32. The Labute approximate surface area is 144 Å². The lowest BCUT2D eigenvalue weighted by Gasteiger charge is -2.13. The highest BCUT2D eigenvalue weighted by molar-refractivity contribution is 7.09. The molecule has 0 atom stereocenters. The van der Waals surface area contributed by atoms with E-state index in [-0.39, 0.29) is 6.61 Å². The molecule has 124 valence electrons. The van der Waals surface area contributed by atoms with Gasteiger partial charge in [-0.25, -0.2) is 0 Å². The van der Waals surface area contributed by atoms with Crippen LogP contribution in [0.5, 0.6) is 11.5 Å². The van der Waals surface area contributed by atoms with E-state index < -0.39 is 5.91 Å². The first-order valence-corrected chi connectivity index (χ1v) is 8.36. The Kier molecular flexibility index (Phi) is 6.70. The van der Waals surface area contributed by atoms with Crippen LogP contribution in [0.4, 0.5) is 0 Å². The van der Waals surface area contributed by atoms with Gasteiger partial charge < -0.3 is 20.5 Å². The van der Waals surface area contributed by atoms with Gasteiger partial charge in [-0.1, -0.05) is 17.7 Å². The highest BCUT2D eigenvalue weighted by Crippen LogP contribution is 2.36. The quantitative estimate of drug-likeness (QED) is 0.679. The molecule has 0 spiro atoms. The van der Waals surface area contributed by atoms with Crippen LogP contribution in [-0.4, -0.2) is 26.2 Å². The molecule has 0 saturated carbocycles. The number of benzene rings is 1. The van der Waals surface area contributed by atoms with Gasteiger partial charge in [0.2, 0.25) is 0 Å². The molecule has 1 aromatic heterocycles. The second-order valence-corrected chi connectivity index (χ2v) is 6.31. The number of carbonyl (C=O) groups excluding carboxylic acids is 1. The Morgan fingerprint density at radius 3 is 2.91 bits per heavy atom. The van der Waals surface area contributed by atoms with Crippen LogP contribution in [0.15, 0.2) is 29.6 Å². The fourth-order valence-corrected chi connectivity index (χ4v) is 3.05. The van der Waals surface area contributed by atoms with E-state index in [0.717, 1.165) is 18.5 Å². The topological polar surface area (TPSA) is 73.6 Å². The van der Waals surface area contributed by atoms with Gasteiger partial charge in [-0.15, -0.1) is 11.3 Å². The standard InChI is InChI=1S/C16H19ClN2O3S/c1-21-14-8-11(7-13(17)16(14)22-10-15(18)20)9-19-5-4-12-3-2-6-23-12/h2-3,6-8,19H,4-5,9-10H2,1H3,(H2,18,20). The number of ether oxygens (including phenoxy) is 2. The normalized spacial score (nSPS) is 10.5. The second kappa shape index (κ2) is 8.76. The summed E-state index contributed by atoms with van der Waals surface area (Å²) in [5.41, 5.74) is 6.05. The van der Waals surface area contributed by atoms with Crippen LogP contribution in [0.25, 0.3) is 0 Å². The van der Waals surface area contributed by atoms with Crippen molar-refractivity contribution in [3.8, 4) is 11.5 Å². The molecule has 1 aromatic carbocycles. The molecule has 0 fully saturated rings. The minimum absolute atomic E-state index is 0.242. The largest absolute Gasteiger partial charge is 0.493 e. The van der Waals surface area contributed by atoms with Gasteiger partial charge in [0, 0.05) is 18.0 Å². The molecule has 0 radical (unpaired) electrons. The third-order valence-electron chi connectivity index (χ3n) is 3.11. The molecule has 0 aliphatic carbocycles. The van der Waals surface area contributed by atoms with E-state index in [2.05, 4.69) is 22.8 Å². The van der Waals surface area contributed by atoms with Crippen LogP contribution in [-0.2, 0) is 17.8 Å². The summed E-state index contributed by atoms with van der Waals surface area (Å²) in [4.78, 5) is 12.2. The molecular weight excluding hydrogens is 336 g/mol. The van der Waals surface area contributed by atoms with Crippen molar-refractivity contribution in [3.05, 3.63) is 45.1 Å². The van der Waals surface area contributed by atoms with Gasteiger partial charge in [0.05, 0.1) is 12.1 Å². The lowest BCUT2D eigenvalue weighted by atomic mass is 10.2. The molecule has 5 nitrogen and oxygen atoms in total. The number of nitrogens with one attached hydrogen (secondary N) is 1. The molecule has 2 aromatic rings. The van der Waals surface area contributed by atoms with Crippen LogP contribution in [0.1, 0.15) is 10.4 Å². The predicted octanol–water partition coefficient (Wildman–Crippen LogP) is 2.61. The van der Waals surface area contributed by atoms with E-state index in [4.69, 9.17) is 26.8 Å². The number of hydrogen-bond acceptors (Lipinski definition) is 5. The highest BCUT2D eigenvalue weighted by Gasteiger charge is 2.13. The van der Waals surface area contributed by atoms with Crippen molar-refractivity contribution in [1.29, 1.82) is 0 Å². The van der Waals surface area contributed by atoms with Crippen LogP contribution < -0.4 is 20.5 Å². The van der Waals surface area contributed by atoms with Crippen molar-refractivity contribution in [2.45, 2.75) is 13.0 Å². The Hall–Kier alpha value is -1.76. The number of methoxy groups -OCH3 is 1. The fourth-order valence-electron chi connectivity index (χ4n) is 2.06. The van der Waals surface area contributed by atoms with Gasteiger partial charge in [-0.3, -0.25) is 4.79 Å². The highest BCUT2D eigenvalue weighted by atomic mass is 35.5. The average molecular weight is 355 g/mol. The zero-order valence-corrected chi connectivity index (χ0v) is 14.4. The number of nitrogens with two attached hydrogens (primary N) is 1. The Morgan fingerprint density at radius 1 is 1.43 bits per heavy atom. The van der Waals surface area contributed by atoms with Crippen molar-refractivity contribution < 1.29 is 14.3 Å². The summed E-state index contributed by atoms with van der Waals surface area (Å²) < 4.78 is 10.6. The Morgan fingerprint density at radius 2 is 2.26 bits per heavy atom. The smallest absolute Gasteiger partial charge is 0.255 e. The molecular formula is C16H19ClN2O3S. The van der Waals surface area contributed by atoms with Gasteiger partial charge in [0.1, 0.15) is 0 Å². The first kappa shape index (κ1) is 17.6. The van der Waals surface area contributed by atoms with Crippen LogP contribution in [0, 0.1) is 0 Å². The van der Waals surface area contributed by atoms with Crippen molar-refractivity contribution in [1.82, 2.24) is 5.32 Å². The molecule has 2 rings (SSSR count). The number of halogens is 1. The Balaban J connectivity index is 1.94. The number of carbonyl (C=O) groups is 1. The summed E-state index contributed by atoms with van der Waals surface area (Å²) in [6.45, 7) is 1.30. The van der Waals surface area contributed by atoms with E-state index >= 15 is 0 Å². The zero-order chi connectivity index (χ0) is 16.7. The molecule has 0 aliphatic heterocycles. The van der Waals surface area contributed by atoms with Gasteiger partial charge in [-0.05, 0) is 35.6 Å². The van der Waals surface area contributed by atoms with Crippen molar-refractivity contribution in [2.75, 3.05) is 20.3 Å². The minimum Gasteiger partial charge on any atom is -0.493 e. The van der Waals surface area contributed by atoms with E-state index in [9.17, 15) is 4.79 Å². The van der Waals surface area contributed by atoms with E-state index in [0.29, 0.717) is 23.1 Å². The maximum Gasteiger partial charge on any atom is 0.255 e. The number of thiophene rings is 1. The summed E-state index contributed by atoms with van der Waals surface area (Å²) >= 11 is 7.96. The minimum atomic E-state index is -0.567. The fraction of sp³-hybridized carbons (Fsp3) is 0.312. The average Bonchev–Trinajstić information content (AvgIpc) is 3.03. The molecule has 0 unspecified atom stereocenters. The predicted molar refractivity (Wildman–Crippen MR) is 92.4 cm³/mol. The molecule has 23 heavy (non-hydrogen) atoms. The third kappa shape index (κ3) is 5.42. The van der Waals surface area contributed by atoms with Crippen molar-refractivity contribution in [3.63, 3.8) is 0 Å². The van der Waals surface area contributed by atoms with Crippen molar-refractivity contribution >= 4 is 28.8 Å². The monoisotopic (exact) mass is 354 g/mol. The van der Waals surface area contributed by atoms with Gasteiger partial charge in [-0.2, -0.15) is 0 Å². The van der Waals surface area contributed by atoms with E-state index in [1.165, 1.54) is 12.0 Å². The summed E-state index contributed by atoms with van der Waals surface area (Å²) in [7, 11) is 1.52. The SMILES string of the molecule is COc1cc(CNCCc2cccs2)cc(Cl)c1OCC(N)=O. The number of primary amides is 1. The van der Waals surface area contributed by atoms with Gasteiger partial charge in [0.25, 0.3) is 5.91 Å². The lowest BCUT2D eigenvalue weighted by molar-refractivity contribution is -0.119. The van der Waals surface area contributed by atoms with Crippen LogP contribution in [0.2, 0.25) is 5.02 Å². The number of hydrogen-bond donors (Lipinski definition) is 2. The maximum absolute atomic E-state index is 10.8. The summed E-state index contributed by atoms with van der Waals surface area (Å²) in [6, 6.07) is 7.80. The van der Waals surface area contributed by atoms with E-state index in [1.807, 2.05) is 6.07 Å². The first-order valence-electron chi connectivity index (χ1n) is 7.10. The molecule has 3 N–H and O–H groups in total. The van der Waals surface area contributed by atoms with E-state index in [1.54, 1.807) is 17.4 Å². The van der Waals surface area contributed by atoms with Crippen molar-refractivity contribution in [2.24, 2.45) is 5.73 Å². The number of rotatable bonds is 9. The van der Waals surface area contributed by atoms with Crippen LogP contribution >= 0.6 is 22.9 Å². The van der Waals surface area contributed by atoms with Gasteiger partial charge >= 0.3 is 0 Å². The Bertz CT molecular complexity index is 647. The van der Waals surface area contributed by atoms with Crippen LogP contribution in [0.3, 0.4) is 0 Å². The summed E-state index contributed by atoms with van der Waals surface area (Å²) in [5.74, 6) is 0.242. The first-order chi connectivity index (χ1) is 11.1. The second-order valence-electron chi connectivity index (χ2n) is 4.87. The summed E-state index contributed by atoms with van der Waals surface area (Å²) in [6.07, 6.45) is 0.988. The van der Waals surface area contributed by atoms with Gasteiger partial charge in [0.15, 0.2) is 18.1 Å². The molecule has 0 saturated heterocycles. The molecule has 7 heteroatoms.